The Hall–Kier alpha value is -3.28. The third-order valence-corrected chi connectivity index (χ3v) is 5.74. The van der Waals surface area contributed by atoms with Gasteiger partial charge in [-0.3, -0.25) is 0 Å². The SMILES string of the molecule is COC(=O)N(C)[C@H]1C[C@H](Oc2nc(N3CCOC[C@@H]3C)nc(-c3cnc(N)nc3)c2F)C1. The molecule has 0 radical (unpaired) electrons. The largest absolute Gasteiger partial charge is 0.472 e. The molecule has 0 bridgehead atoms. The Balaban J connectivity index is 1.61. The summed E-state index contributed by atoms with van der Waals surface area (Å²) in [4.78, 5) is 31.9. The van der Waals surface area contributed by atoms with Gasteiger partial charge in [-0.15, -0.1) is 0 Å². The Bertz CT molecular complexity index is 971. The van der Waals surface area contributed by atoms with Gasteiger partial charge in [-0.05, 0) is 6.92 Å². The maximum absolute atomic E-state index is 15.4. The van der Waals surface area contributed by atoms with Crippen molar-refractivity contribution >= 4 is 18.0 Å². The van der Waals surface area contributed by atoms with Crippen LogP contribution in [-0.4, -0.2) is 83.0 Å². The van der Waals surface area contributed by atoms with Gasteiger partial charge < -0.3 is 29.7 Å². The quantitative estimate of drug-likeness (QED) is 0.719. The number of amides is 1. The number of nitrogen functional groups attached to an aromatic ring is 1. The summed E-state index contributed by atoms with van der Waals surface area (Å²) in [6.07, 6.45) is 3.19. The predicted molar refractivity (Wildman–Crippen MR) is 113 cm³/mol. The van der Waals surface area contributed by atoms with Gasteiger partial charge >= 0.3 is 6.09 Å². The van der Waals surface area contributed by atoms with Crippen molar-refractivity contribution in [2.75, 3.05) is 44.5 Å². The van der Waals surface area contributed by atoms with Gasteiger partial charge in [0.05, 0.1) is 26.4 Å². The summed E-state index contributed by atoms with van der Waals surface area (Å²) in [5.74, 6) is -0.430. The zero-order chi connectivity index (χ0) is 22.8. The van der Waals surface area contributed by atoms with Crippen molar-refractivity contribution in [3.05, 3.63) is 18.2 Å². The highest BCUT2D eigenvalue weighted by Gasteiger charge is 2.37. The molecule has 0 spiro atoms. The van der Waals surface area contributed by atoms with Crippen LogP contribution in [0.1, 0.15) is 19.8 Å². The number of morpholine rings is 1. The standard InChI is InChI=1S/C20H26FN7O4/c1-11-10-31-5-4-28(11)19-25-16(12-8-23-18(22)24-9-12)15(21)17(26-19)32-14-6-13(7-14)27(2)20(29)30-3/h8-9,11,13-14H,4-7,10H2,1-3H3,(H2,22,23,24)/t11-,13-,14-/m0/s1. The highest BCUT2D eigenvalue weighted by molar-refractivity contribution is 5.67. The topological polar surface area (TPSA) is 129 Å². The molecule has 1 saturated carbocycles. The van der Waals surface area contributed by atoms with Gasteiger partial charge in [-0.2, -0.15) is 9.37 Å². The molecule has 0 unspecified atom stereocenters. The average molecular weight is 447 g/mol. The maximum atomic E-state index is 15.4. The molecule has 2 aromatic rings. The van der Waals surface area contributed by atoms with Crippen molar-refractivity contribution in [3.8, 4) is 17.1 Å². The lowest BCUT2D eigenvalue weighted by atomic mass is 9.88. The van der Waals surface area contributed by atoms with E-state index in [4.69, 9.17) is 19.9 Å². The van der Waals surface area contributed by atoms with Crippen LogP contribution in [0.25, 0.3) is 11.3 Å². The summed E-state index contributed by atoms with van der Waals surface area (Å²) in [5.41, 5.74) is 5.96. The van der Waals surface area contributed by atoms with Crippen LogP contribution < -0.4 is 15.4 Å². The number of carbonyl (C=O) groups is 1. The number of hydrogen-bond acceptors (Lipinski definition) is 10. The fourth-order valence-corrected chi connectivity index (χ4v) is 3.70. The fraction of sp³-hybridized carbons (Fsp3) is 0.550. The van der Waals surface area contributed by atoms with Crippen LogP contribution >= 0.6 is 0 Å². The first-order valence-corrected chi connectivity index (χ1v) is 10.3. The lowest BCUT2D eigenvalue weighted by Crippen LogP contribution is -2.50. The number of aromatic nitrogens is 4. The minimum Gasteiger partial charge on any atom is -0.472 e. The molecule has 1 aliphatic heterocycles. The van der Waals surface area contributed by atoms with Gasteiger partial charge in [0.2, 0.25) is 17.7 Å². The van der Waals surface area contributed by atoms with Gasteiger partial charge in [-0.1, -0.05) is 0 Å². The molecule has 11 nitrogen and oxygen atoms in total. The lowest BCUT2D eigenvalue weighted by Gasteiger charge is -2.40. The number of ether oxygens (including phenoxy) is 3. The number of halogens is 1. The minimum atomic E-state index is -0.701. The van der Waals surface area contributed by atoms with Gasteiger partial charge in [0, 0.05) is 50.4 Å². The summed E-state index contributed by atoms with van der Waals surface area (Å²) in [6.45, 7) is 3.59. The van der Waals surface area contributed by atoms with Crippen LogP contribution in [0.2, 0.25) is 0 Å². The summed E-state index contributed by atoms with van der Waals surface area (Å²) in [6, 6.07) is -0.0274. The van der Waals surface area contributed by atoms with Gasteiger partial charge in [0.15, 0.2) is 0 Å². The third-order valence-electron chi connectivity index (χ3n) is 5.74. The van der Waals surface area contributed by atoms with Gasteiger partial charge in [0.25, 0.3) is 5.88 Å². The van der Waals surface area contributed by atoms with E-state index < -0.39 is 11.9 Å². The summed E-state index contributed by atoms with van der Waals surface area (Å²) < 4.78 is 31.5. The molecule has 4 rings (SSSR count). The minimum absolute atomic E-state index is 0.0133. The molecular weight excluding hydrogens is 421 g/mol. The Morgan fingerprint density at radius 1 is 1.31 bits per heavy atom. The van der Waals surface area contributed by atoms with Crippen molar-refractivity contribution in [1.29, 1.82) is 0 Å². The number of carbonyl (C=O) groups excluding carboxylic acids is 1. The molecule has 2 aliphatic rings. The van der Waals surface area contributed by atoms with Gasteiger partial charge in [-0.25, -0.2) is 19.7 Å². The molecule has 2 fully saturated rings. The normalized spacial score (nSPS) is 22.8. The van der Waals surface area contributed by atoms with Crippen molar-refractivity contribution < 1.29 is 23.4 Å². The molecule has 1 amide bonds. The molecular formula is C20H26FN7O4. The number of anilines is 2. The fourth-order valence-electron chi connectivity index (χ4n) is 3.70. The predicted octanol–water partition coefficient (Wildman–Crippen LogP) is 1.49. The molecule has 1 atom stereocenters. The number of hydrogen-bond donors (Lipinski definition) is 1. The van der Waals surface area contributed by atoms with Crippen LogP contribution in [0.15, 0.2) is 12.4 Å². The zero-order valence-corrected chi connectivity index (χ0v) is 18.2. The first kappa shape index (κ1) is 21.9. The Morgan fingerprint density at radius 2 is 2.03 bits per heavy atom. The molecule has 32 heavy (non-hydrogen) atoms. The van der Waals surface area contributed by atoms with Crippen molar-refractivity contribution in [3.63, 3.8) is 0 Å². The van der Waals surface area contributed by atoms with Gasteiger partial charge in [0.1, 0.15) is 11.8 Å². The highest BCUT2D eigenvalue weighted by Crippen LogP contribution is 2.34. The van der Waals surface area contributed by atoms with E-state index in [-0.39, 0.29) is 35.7 Å². The lowest BCUT2D eigenvalue weighted by molar-refractivity contribution is 0.0226. The maximum Gasteiger partial charge on any atom is 0.409 e. The monoisotopic (exact) mass is 447 g/mol. The Kier molecular flexibility index (Phi) is 6.21. The summed E-state index contributed by atoms with van der Waals surface area (Å²) in [7, 11) is 2.99. The highest BCUT2D eigenvalue weighted by atomic mass is 19.1. The first-order valence-electron chi connectivity index (χ1n) is 10.3. The molecule has 0 aromatic carbocycles. The third kappa shape index (κ3) is 4.35. The second-order valence-corrected chi connectivity index (χ2v) is 7.88. The van der Waals surface area contributed by atoms with E-state index in [2.05, 4.69) is 19.9 Å². The van der Waals surface area contributed by atoms with Crippen LogP contribution in [0.3, 0.4) is 0 Å². The van der Waals surface area contributed by atoms with Crippen LogP contribution in [-0.2, 0) is 9.47 Å². The Labute approximate surface area is 184 Å². The van der Waals surface area contributed by atoms with Crippen LogP contribution in [0.4, 0.5) is 21.1 Å². The molecule has 12 heteroatoms. The molecule has 1 saturated heterocycles. The van der Waals surface area contributed by atoms with Crippen molar-refractivity contribution in [2.24, 2.45) is 0 Å². The molecule has 172 valence electrons. The van der Waals surface area contributed by atoms with E-state index >= 15 is 4.39 Å². The molecule has 2 aromatic heterocycles. The number of nitrogens with zero attached hydrogens (tertiary/aromatic N) is 6. The van der Waals surface area contributed by atoms with E-state index in [1.807, 2.05) is 11.8 Å². The average Bonchev–Trinajstić information content (AvgIpc) is 2.77. The molecule has 2 N–H and O–H groups in total. The van der Waals surface area contributed by atoms with E-state index in [0.29, 0.717) is 44.1 Å². The summed E-state index contributed by atoms with van der Waals surface area (Å²) in [5, 5.41) is 0. The van der Waals surface area contributed by atoms with Crippen molar-refractivity contribution in [2.45, 2.75) is 38.0 Å². The molecule has 3 heterocycles. The van der Waals surface area contributed by atoms with E-state index in [1.165, 1.54) is 24.4 Å². The van der Waals surface area contributed by atoms with E-state index in [9.17, 15) is 4.79 Å². The summed E-state index contributed by atoms with van der Waals surface area (Å²) >= 11 is 0. The van der Waals surface area contributed by atoms with Crippen LogP contribution in [0.5, 0.6) is 5.88 Å². The number of nitrogens with two attached hydrogens (primary N) is 1. The van der Waals surface area contributed by atoms with E-state index in [1.54, 1.807) is 7.05 Å². The van der Waals surface area contributed by atoms with Crippen LogP contribution in [0, 0.1) is 5.82 Å². The molecule has 1 aliphatic carbocycles. The van der Waals surface area contributed by atoms with Crippen molar-refractivity contribution in [1.82, 2.24) is 24.8 Å². The number of rotatable bonds is 5. The van der Waals surface area contributed by atoms with E-state index in [0.717, 1.165) is 0 Å². The second-order valence-electron chi connectivity index (χ2n) is 7.88. The second kappa shape index (κ2) is 9.07. The zero-order valence-electron chi connectivity index (χ0n) is 18.2. The Morgan fingerprint density at radius 3 is 2.69 bits per heavy atom. The first-order chi connectivity index (χ1) is 15.4. The smallest absolute Gasteiger partial charge is 0.409 e. The number of methoxy groups -OCH3 is 1.